The summed E-state index contributed by atoms with van der Waals surface area (Å²) in [5, 5.41) is 15.8. The van der Waals surface area contributed by atoms with Crippen LogP contribution in [0.15, 0.2) is 47.6 Å². The Labute approximate surface area is 214 Å². The number of anilines is 1. The third-order valence-corrected chi connectivity index (χ3v) is 6.81. The maximum Gasteiger partial charge on any atom is 0.251 e. The number of nitrogens with zero attached hydrogens (tertiary/aromatic N) is 3. The van der Waals surface area contributed by atoms with Crippen molar-refractivity contribution in [1.29, 1.82) is 0 Å². The second-order valence-corrected chi connectivity index (χ2v) is 9.66. The Balaban J connectivity index is 1.70. The molecule has 0 radical (unpaired) electrons. The topological polar surface area (TPSA) is 98.1 Å². The lowest BCUT2D eigenvalue weighted by molar-refractivity contribution is -0.113. The van der Waals surface area contributed by atoms with Crippen LogP contribution in [0.25, 0.3) is 0 Å². The molecule has 0 aliphatic rings. The molecule has 1 unspecified atom stereocenters. The average molecular weight is 516 g/mol. The molecule has 0 bridgehead atoms. The molecule has 1 atom stereocenters. The molecule has 1 aromatic heterocycles. The number of methoxy groups -OCH3 is 1. The van der Waals surface area contributed by atoms with E-state index in [1.165, 1.54) is 11.8 Å². The second-order valence-electron chi connectivity index (χ2n) is 8.31. The van der Waals surface area contributed by atoms with Crippen molar-refractivity contribution < 1.29 is 14.3 Å². The van der Waals surface area contributed by atoms with Gasteiger partial charge in [-0.25, -0.2) is 0 Å². The molecular formula is C25H30ClN5O3S. The first-order chi connectivity index (χ1) is 16.7. The van der Waals surface area contributed by atoms with E-state index in [1.807, 2.05) is 44.4 Å². The van der Waals surface area contributed by atoms with E-state index in [2.05, 4.69) is 20.8 Å². The first-order valence-electron chi connectivity index (χ1n) is 11.3. The van der Waals surface area contributed by atoms with Gasteiger partial charge in [0.15, 0.2) is 11.0 Å². The van der Waals surface area contributed by atoms with Crippen molar-refractivity contribution in [3.8, 4) is 5.75 Å². The number of halogens is 1. The quantitative estimate of drug-likeness (QED) is 0.363. The largest absolute Gasteiger partial charge is 0.497 e. The van der Waals surface area contributed by atoms with Crippen molar-refractivity contribution in [1.82, 2.24) is 20.1 Å². The smallest absolute Gasteiger partial charge is 0.251 e. The van der Waals surface area contributed by atoms with E-state index < -0.39 is 0 Å². The Morgan fingerprint density at radius 2 is 1.86 bits per heavy atom. The molecule has 2 amide bonds. The predicted octanol–water partition coefficient (Wildman–Crippen LogP) is 5.13. The summed E-state index contributed by atoms with van der Waals surface area (Å²) in [4.78, 5) is 25.4. The van der Waals surface area contributed by atoms with E-state index in [4.69, 9.17) is 16.3 Å². The number of aromatic nitrogens is 3. The maximum atomic E-state index is 12.9. The molecular weight excluding hydrogens is 486 g/mol. The first-order valence-corrected chi connectivity index (χ1v) is 12.7. The summed E-state index contributed by atoms with van der Waals surface area (Å²) in [6.45, 7) is 8.51. The van der Waals surface area contributed by atoms with Gasteiger partial charge in [0.05, 0.1) is 18.9 Å². The van der Waals surface area contributed by atoms with Gasteiger partial charge >= 0.3 is 0 Å². The van der Waals surface area contributed by atoms with E-state index in [0.717, 1.165) is 5.56 Å². The van der Waals surface area contributed by atoms with Crippen LogP contribution in [0.3, 0.4) is 0 Å². The van der Waals surface area contributed by atoms with E-state index in [1.54, 1.807) is 37.4 Å². The third kappa shape index (κ3) is 6.76. The minimum Gasteiger partial charge on any atom is -0.497 e. The van der Waals surface area contributed by atoms with Crippen molar-refractivity contribution in [2.75, 3.05) is 18.2 Å². The van der Waals surface area contributed by atoms with Crippen molar-refractivity contribution in [3.63, 3.8) is 0 Å². The minimum absolute atomic E-state index is 0.0686. The van der Waals surface area contributed by atoms with Crippen molar-refractivity contribution in [3.05, 3.63) is 64.4 Å². The molecule has 2 aromatic carbocycles. The Bertz CT molecular complexity index is 1180. The number of ether oxygens (including phenoxy) is 1. The van der Waals surface area contributed by atoms with Gasteiger partial charge in [0, 0.05) is 22.8 Å². The summed E-state index contributed by atoms with van der Waals surface area (Å²) in [6, 6.07) is 12.0. The number of hydrogen-bond donors (Lipinski definition) is 2. The number of carbonyl (C=O) groups excluding carboxylic acids is 2. The Kier molecular flexibility index (Phi) is 9.17. The minimum atomic E-state index is -0.352. The van der Waals surface area contributed by atoms with E-state index in [-0.39, 0.29) is 29.5 Å². The zero-order valence-corrected chi connectivity index (χ0v) is 22.0. The van der Waals surface area contributed by atoms with E-state index in [0.29, 0.717) is 39.5 Å². The summed E-state index contributed by atoms with van der Waals surface area (Å²) in [5.41, 5.74) is 2.12. The molecule has 0 aliphatic heterocycles. The Morgan fingerprint density at radius 1 is 1.14 bits per heavy atom. The second kappa shape index (κ2) is 12.1. The van der Waals surface area contributed by atoms with E-state index >= 15 is 0 Å². The van der Waals surface area contributed by atoms with Gasteiger partial charge in [0.25, 0.3) is 5.91 Å². The van der Waals surface area contributed by atoms with Crippen LogP contribution >= 0.6 is 23.4 Å². The number of carbonyl (C=O) groups is 2. The van der Waals surface area contributed by atoms with Crippen LogP contribution in [0, 0.1) is 12.8 Å². The number of rotatable bonds is 10. The van der Waals surface area contributed by atoms with Crippen LogP contribution in [0.1, 0.15) is 48.6 Å². The van der Waals surface area contributed by atoms with Crippen LogP contribution in [-0.2, 0) is 11.3 Å². The summed E-state index contributed by atoms with van der Waals surface area (Å²) in [5.74, 6) is 1.19. The highest BCUT2D eigenvalue weighted by molar-refractivity contribution is 7.99. The van der Waals surface area contributed by atoms with Gasteiger partial charge in [-0.15, -0.1) is 10.2 Å². The number of nitrogens with one attached hydrogen (secondary N) is 2. The number of aryl methyl sites for hydroxylation is 1. The van der Waals surface area contributed by atoms with Crippen LogP contribution < -0.4 is 15.4 Å². The molecule has 35 heavy (non-hydrogen) atoms. The number of amides is 2. The molecule has 0 saturated heterocycles. The summed E-state index contributed by atoms with van der Waals surface area (Å²) >= 11 is 7.44. The molecule has 8 nitrogen and oxygen atoms in total. The summed E-state index contributed by atoms with van der Waals surface area (Å²) < 4.78 is 7.09. The highest BCUT2D eigenvalue weighted by Crippen LogP contribution is 2.26. The fraction of sp³-hybridized carbons (Fsp3) is 0.360. The molecule has 0 spiro atoms. The summed E-state index contributed by atoms with van der Waals surface area (Å²) in [7, 11) is 1.58. The van der Waals surface area contributed by atoms with Crippen molar-refractivity contribution >= 4 is 40.9 Å². The van der Waals surface area contributed by atoms with Gasteiger partial charge in [0.1, 0.15) is 5.75 Å². The zero-order chi connectivity index (χ0) is 25.5. The van der Waals surface area contributed by atoms with Crippen molar-refractivity contribution in [2.45, 2.75) is 45.4 Å². The molecule has 10 heteroatoms. The fourth-order valence-electron chi connectivity index (χ4n) is 3.43. The lowest BCUT2D eigenvalue weighted by Crippen LogP contribution is -2.33. The Hall–Kier alpha value is -3.04. The normalized spacial score (nSPS) is 11.9. The maximum absolute atomic E-state index is 12.9. The van der Waals surface area contributed by atoms with Crippen LogP contribution in [0.2, 0.25) is 5.02 Å². The first kappa shape index (κ1) is 26.6. The number of benzene rings is 2. The lowest BCUT2D eigenvalue weighted by Gasteiger charge is -2.22. The zero-order valence-electron chi connectivity index (χ0n) is 20.5. The standard InChI is InChI=1S/C25H30ClN5O3S/c1-6-31-23(22(15(2)3)28-24(33)17-8-11-19(34-5)12-9-17)29-30-25(31)35-14-21(32)27-18-10-7-16(4)20(26)13-18/h7-13,15,22H,6,14H2,1-5H3,(H,27,32)(H,28,33). The highest BCUT2D eigenvalue weighted by atomic mass is 35.5. The molecule has 2 N–H and O–H groups in total. The average Bonchev–Trinajstić information content (AvgIpc) is 3.25. The highest BCUT2D eigenvalue weighted by Gasteiger charge is 2.26. The third-order valence-electron chi connectivity index (χ3n) is 5.43. The predicted molar refractivity (Wildman–Crippen MR) is 139 cm³/mol. The van der Waals surface area contributed by atoms with E-state index in [9.17, 15) is 9.59 Å². The summed E-state index contributed by atoms with van der Waals surface area (Å²) in [6.07, 6.45) is 0. The van der Waals surface area contributed by atoms with Crippen LogP contribution in [-0.4, -0.2) is 39.4 Å². The monoisotopic (exact) mass is 515 g/mol. The van der Waals surface area contributed by atoms with Gasteiger partial charge in [-0.2, -0.15) is 0 Å². The molecule has 1 heterocycles. The van der Waals surface area contributed by atoms with Gasteiger partial charge < -0.3 is 19.9 Å². The number of hydrogen-bond acceptors (Lipinski definition) is 6. The van der Waals surface area contributed by atoms with Gasteiger partial charge in [-0.05, 0) is 61.7 Å². The Morgan fingerprint density at radius 3 is 2.46 bits per heavy atom. The fourth-order valence-corrected chi connectivity index (χ4v) is 4.42. The molecule has 186 valence electrons. The molecule has 0 fully saturated rings. The SMILES string of the molecule is CCn1c(SCC(=O)Nc2ccc(C)c(Cl)c2)nnc1C(NC(=O)c1ccc(OC)cc1)C(C)C. The lowest BCUT2D eigenvalue weighted by atomic mass is 10.0. The molecule has 0 aliphatic carbocycles. The van der Waals surface area contributed by atoms with Gasteiger partial charge in [-0.1, -0.05) is 43.3 Å². The molecule has 3 aromatic rings. The van der Waals surface area contributed by atoms with Crippen LogP contribution in [0.5, 0.6) is 5.75 Å². The molecule has 0 saturated carbocycles. The van der Waals surface area contributed by atoms with Gasteiger partial charge in [0.2, 0.25) is 5.91 Å². The van der Waals surface area contributed by atoms with Crippen LogP contribution in [0.4, 0.5) is 5.69 Å². The number of thioether (sulfide) groups is 1. The molecule has 3 rings (SSSR count). The van der Waals surface area contributed by atoms with Crippen molar-refractivity contribution in [2.24, 2.45) is 5.92 Å². The van der Waals surface area contributed by atoms with Gasteiger partial charge in [-0.3, -0.25) is 9.59 Å².